The summed E-state index contributed by atoms with van der Waals surface area (Å²) in [6.45, 7) is 2.34. The summed E-state index contributed by atoms with van der Waals surface area (Å²) in [4.78, 5) is 0. The molecule has 0 aromatic carbocycles. The Morgan fingerprint density at radius 3 is 2.40 bits per heavy atom. The predicted molar refractivity (Wildman–Crippen MR) is 65.7 cm³/mol. The lowest BCUT2D eigenvalue weighted by atomic mass is 9.73. The molecule has 1 heteroatoms. The van der Waals surface area contributed by atoms with Gasteiger partial charge in [0.05, 0.1) is 0 Å². The van der Waals surface area contributed by atoms with Gasteiger partial charge >= 0.3 is 0 Å². The van der Waals surface area contributed by atoms with Gasteiger partial charge in [-0.05, 0) is 43.4 Å². The number of hydrogen-bond donors (Lipinski definition) is 1. The predicted octanol–water partition coefficient (Wildman–Crippen LogP) is 3.72. The third-order valence-corrected chi connectivity index (χ3v) is 4.84. The Morgan fingerprint density at radius 1 is 1.00 bits per heavy atom. The Bertz CT molecular complexity index is 184. The van der Waals surface area contributed by atoms with Gasteiger partial charge in [0.15, 0.2) is 0 Å². The van der Waals surface area contributed by atoms with Crippen molar-refractivity contribution in [3.8, 4) is 0 Å². The molecule has 0 aromatic heterocycles. The van der Waals surface area contributed by atoms with E-state index in [1.165, 1.54) is 57.8 Å². The molecule has 15 heavy (non-hydrogen) atoms. The van der Waals surface area contributed by atoms with E-state index in [2.05, 4.69) is 6.92 Å². The first-order valence-electron chi connectivity index (χ1n) is 7.05. The maximum atomic E-state index is 6.27. The molecule has 0 bridgehead atoms. The normalized spacial score (nSPS) is 38.4. The molecule has 2 saturated carbocycles. The lowest BCUT2D eigenvalue weighted by molar-refractivity contribution is 0.195. The largest absolute Gasteiger partial charge is 0.327 e. The summed E-state index contributed by atoms with van der Waals surface area (Å²) in [5.74, 6) is 2.86. The van der Waals surface area contributed by atoms with Crippen LogP contribution in [0.2, 0.25) is 0 Å². The molecule has 0 aromatic rings. The summed E-state index contributed by atoms with van der Waals surface area (Å²) >= 11 is 0. The number of hydrogen-bond acceptors (Lipinski definition) is 1. The molecule has 0 saturated heterocycles. The van der Waals surface area contributed by atoms with Gasteiger partial charge in [-0.25, -0.2) is 0 Å². The van der Waals surface area contributed by atoms with E-state index in [9.17, 15) is 0 Å². The summed E-state index contributed by atoms with van der Waals surface area (Å²) in [6.07, 6.45) is 12.8. The molecule has 0 radical (unpaired) electrons. The fourth-order valence-corrected chi connectivity index (χ4v) is 3.70. The highest BCUT2D eigenvalue weighted by Gasteiger charge is 2.29. The molecule has 3 atom stereocenters. The van der Waals surface area contributed by atoms with Crippen LogP contribution in [0.3, 0.4) is 0 Å². The molecule has 0 aliphatic heterocycles. The quantitative estimate of drug-likeness (QED) is 0.753. The molecular formula is C14H27N. The maximum absolute atomic E-state index is 6.27. The summed E-state index contributed by atoms with van der Waals surface area (Å²) in [6, 6.07) is 0.522. The molecule has 2 aliphatic carbocycles. The molecule has 3 unspecified atom stereocenters. The Labute approximate surface area is 94.8 Å². The average molecular weight is 209 g/mol. The molecule has 2 fully saturated rings. The zero-order chi connectivity index (χ0) is 10.7. The summed E-state index contributed by atoms with van der Waals surface area (Å²) < 4.78 is 0. The van der Waals surface area contributed by atoms with E-state index < -0.39 is 0 Å². The van der Waals surface area contributed by atoms with Gasteiger partial charge in [0.2, 0.25) is 0 Å². The average Bonchev–Trinajstić information content (AvgIpc) is 2.74. The molecule has 2 rings (SSSR count). The lowest BCUT2D eigenvalue weighted by Gasteiger charge is -2.35. The fraction of sp³-hybridized carbons (Fsp3) is 1.00. The lowest BCUT2D eigenvalue weighted by Crippen LogP contribution is -2.37. The Balaban J connectivity index is 1.82. The third kappa shape index (κ3) is 2.96. The fourth-order valence-electron chi connectivity index (χ4n) is 3.70. The standard InChI is InChI=1S/C14H27N/c1-2-11-7-8-14(15)13(9-11)10-12-5-3-4-6-12/h11-14H,2-10,15H2,1H3. The van der Waals surface area contributed by atoms with Crippen molar-refractivity contribution < 1.29 is 0 Å². The molecule has 0 spiro atoms. The van der Waals surface area contributed by atoms with Gasteiger partial charge in [-0.1, -0.05) is 39.0 Å². The minimum atomic E-state index is 0.522. The third-order valence-electron chi connectivity index (χ3n) is 4.84. The van der Waals surface area contributed by atoms with E-state index >= 15 is 0 Å². The highest BCUT2D eigenvalue weighted by Crippen LogP contribution is 2.38. The Kier molecular flexibility index (Phi) is 4.07. The topological polar surface area (TPSA) is 26.0 Å². The molecule has 0 amide bonds. The van der Waals surface area contributed by atoms with Gasteiger partial charge < -0.3 is 5.73 Å². The van der Waals surface area contributed by atoms with Gasteiger partial charge in [-0.15, -0.1) is 0 Å². The van der Waals surface area contributed by atoms with Gasteiger partial charge in [0, 0.05) is 6.04 Å². The Hall–Kier alpha value is -0.0400. The van der Waals surface area contributed by atoms with Gasteiger partial charge in [0.1, 0.15) is 0 Å². The van der Waals surface area contributed by atoms with Crippen molar-refractivity contribution in [2.24, 2.45) is 23.5 Å². The molecular weight excluding hydrogens is 182 g/mol. The van der Waals surface area contributed by atoms with E-state index in [4.69, 9.17) is 5.73 Å². The second-order valence-electron chi connectivity index (χ2n) is 5.90. The maximum Gasteiger partial charge on any atom is 0.00674 e. The molecule has 0 heterocycles. The minimum Gasteiger partial charge on any atom is -0.327 e. The Morgan fingerprint density at radius 2 is 1.73 bits per heavy atom. The summed E-state index contributed by atoms with van der Waals surface area (Å²) in [7, 11) is 0. The first kappa shape index (κ1) is 11.4. The van der Waals surface area contributed by atoms with Crippen LogP contribution in [0.5, 0.6) is 0 Å². The van der Waals surface area contributed by atoms with Crippen molar-refractivity contribution in [1.29, 1.82) is 0 Å². The van der Waals surface area contributed by atoms with Crippen molar-refractivity contribution >= 4 is 0 Å². The van der Waals surface area contributed by atoms with E-state index in [1.54, 1.807) is 0 Å². The highest BCUT2D eigenvalue weighted by molar-refractivity contribution is 4.84. The SMILES string of the molecule is CCC1CCC(N)C(CC2CCCC2)C1. The minimum absolute atomic E-state index is 0.522. The van der Waals surface area contributed by atoms with Gasteiger partial charge in [-0.2, -0.15) is 0 Å². The van der Waals surface area contributed by atoms with E-state index in [-0.39, 0.29) is 0 Å². The van der Waals surface area contributed by atoms with Crippen LogP contribution in [0, 0.1) is 17.8 Å². The van der Waals surface area contributed by atoms with Crippen molar-refractivity contribution in [2.75, 3.05) is 0 Å². The first-order valence-corrected chi connectivity index (χ1v) is 7.05. The van der Waals surface area contributed by atoms with Crippen LogP contribution in [-0.2, 0) is 0 Å². The van der Waals surface area contributed by atoms with Crippen molar-refractivity contribution in [3.63, 3.8) is 0 Å². The molecule has 2 aliphatic rings. The highest BCUT2D eigenvalue weighted by atomic mass is 14.7. The van der Waals surface area contributed by atoms with Crippen LogP contribution in [0.25, 0.3) is 0 Å². The first-order chi connectivity index (χ1) is 7.29. The van der Waals surface area contributed by atoms with Crippen LogP contribution in [0.1, 0.15) is 64.7 Å². The number of nitrogens with two attached hydrogens (primary N) is 1. The van der Waals surface area contributed by atoms with Crippen LogP contribution in [0.15, 0.2) is 0 Å². The second kappa shape index (κ2) is 5.34. The molecule has 2 N–H and O–H groups in total. The smallest absolute Gasteiger partial charge is 0.00674 e. The van der Waals surface area contributed by atoms with E-state index in [1.807, 2.05) is 0 Å². The summed E-state index contributed by atoms with van der Waals surface area (Å²) in [5.41, 5.74) is 6.27. The van der Waals surface area contributed by atoms with Gasteiger partial charge in [-0.3, -0.25) is 0 Å². The van der Waals surface area contributed by atoms with Crippen LogP contribution >= 0.6 is 0 Å². The molecule has 1 nitrogen and oxygen atoms in total. The van der Waals surface area contributed by atoms with Crippen molar-refractivity contribution in [3.05, 3.63) is 0 Å². The van der Waals surface area contributed by atoms with E-state index in [0.29, 0.717) is 6.04 Å². The zero-order valence-corrected chi connectivity index (χ0v) is 10.3. The number of rotatable bonds is 3. The van der Waals surface area contributed by atoms with Crippen LogP contribution in [0.4, 0.5) is 0 Å². The van der Waals surface area contributed by atoms with Crippen LogP contribution < -0.4 is 5.73 Å². The van der Waals surface area contributed by atoms with Crippen LogP contribution in [-0.4, -0.2) is 6.04 Å². The van der Waals surface area contributed by atoms with E-state index in [0.717, 1.165) is 17.8 Å². The summed E-state index contributed by atoms with van der Waals surface area (Å²) in [5, 5.41) is 0. The van der Waals surface area contributed by atoms with Crippen molar-refractivity contribution in [2.45, 2.75) is 70.8 Å². The second-order valence-corrected chi connectivity index (χ2v) is 5.90. The molecule has 88 valence electrons. The monoisotopic (exact) mass is 209 g/mol. The van der Waals surface area contributed by atoms with Crippen molar-refractivity contribution in [1.82, 2.24) is 0 Å². The van der Waals surface area contributed by atoms with Gasteiger partial charge in [0.25, 0.3) is 0 Å². The zero-order valence-electron chi connectivity index (χ0n) is 10.3.